The van der Waals surface area contributed by atoms with Crippen LogP contribution in [0.1, 0.15) is 5.56 Å². The molecule has 0 fully saturated rings. The van der Waals surface area contributed by atoms with Gasteiger partial charge in [0.2, 0.25) is 0 Å². The van der Waals surface area contributed by atoms with E-state index in [9.17, 15) is 14.9 Å². The highest BCUT2D eigenvalue weighted by Gasteiger charge is 2.10. The molecule has 0 aliphatic heterocycles. The Morgan fingerprint density at radius 3 is 2.76 bits per heavy atom. The lowest BCUT2D eigenvalue weighted by atomic mass is 10.2. The Morgan fingerprint density at radius 1 is 1.29 bits per heavy atom. The fourth-order valence-electron chi connectivity index (χ4n) is 1.88. The van der Waals surface area contributed by atoms with Crippen LogP contribution >= 0.6 is 0 Å². The maximum absolute atomic E-state index is 11.5. The van der Waals surface area contributed by atoms with Crippen molar-refractivity contribution in [1.82, 2.24) is 4.57 Å². The highest BCUT2D eigenvalue weighted by Crippen LogP contribution is 2.23. The van der Waals surface area contributed by atoms with Crippen molar-refractivity contribution in [2.45, 2.75) is 13.1 Å². The molecule has 0 saturated carbocycles. The molecule has 110 valence electrons. The number of hydrogen-bond donors (Lipinski definition) is 1. The van der Waals surface area contributed by atoms with Crippen LogP contribution in [0.4, 0.5) is 5.69 Å². The van der Waals surface area contributed by atoms with E-state index in [4.69, 9.17) is 10.5 Å². The van der Waals surface area contributed by atoms with Crippen molar-refractivity contribution in [2.75, 3.05) is 6.61 Å². The summed E-state index contributed by atoms with van der Waals surface area (Å²) in [6.45, 7) is 0.803. The highest BCUT2D eigenvalue weighted by molar-refractivity contribution is 5.43. The summed E-state index contributed by atoms with van der Waals surface area (Å²) < 4.78 is 7.08. The molecule has 0 aliphatic rings. The van der Waals surface area contributed by atoms with Crippen LogP contribution in [0, 0.1) is 10.1 Å². The first-order chi connectivity index (χ1) is 10.1. The second-order valence-electron chi connectivity index (χ2n) is 4.33. The van der Waals surface area contributed by atoms with E-state index in [1.165, 1.54) is 28.8 Å². The Morgan fingerprint density at radius 2 is 2.10 bits per heavy atom. The fraction of sp³-hybridized carbons (Fsp3) is 0.214. The summed E-state index contributed by atoms with van der Waals surface area (Å²) in [5, 5.41) is 10.7. The lowest BCUT2D eigenvalue weighted by molar-refractivity contribution is -0.384. The molecule has 0 radical (unpaired) electrons. The van der Waals surface area contributed by atoms with Gasteiger partial charge in [-0.1, -0.05) is 6.07 Å². The summed E-state index contributed by atoms with van der Waals surface area (Å²) in [6.07, 6.45) is 1.67. The monoisotopic (exact) mass is 289 g/mol. The quantitative estimate of drug-likeness (QED) is 0.638. The van der Waals surface area contributed by atoms with Crippen molar-refractivity contribution in [3.63, 3.8) is 0 Å². The Labute approximate surface area is 120 Å². The van der Waals surface area contributed by atoms with Gasteiger partial charge in [0.1, 0.15) is 12.4 Å². The predicted molar refractivity (Wildman–Crippen MR) is 77.2 cm³/mol. The molecule has 2 N–H and O–H groups in total. The van der Waals surface area contributed by atoms with E-state index < -0.39 is 4.92 Å². The normalized spacial score (nSPS) is 10.3. The van der Waals surface area contributed by atoms with Crippen molar-refractivity contribution in [2.24, 2.45) is 5.73 Å². The first-order valence-corrected chi connectivity index (χ1v) is 6.37. The van der Waals surface area contributed by atoms with Crippen LogP contribution in [0.15, 0.2) is 47.4 Å². The molecule has 2 aromatic rings. The number of nitrogens with zero attached hydrogens (tertiary/aromatic N) is 2. The molecule has 21 heavy (non-hydrogen) atoms. The summed E-state index contributed by atoms with van der Waals surface area (Å²) in [5.41, 5.74) is 6.00. The van der Waals surface area contributed by atoms with E-state index >= 15 is 0 Å². The Balaban J connectivity index is 2.05. The summed E-state index contributed by atoms with van der Waals surface area (Å²) >= 11 is 0. The molecular weight excluding hydrogens is 274 g/mol. The third-order valence-electron chi connectivity index (χ3n) is 2.96. The number of pyridine rings is 1. The second-order valence-corrected chi connectivity index (χ2v) is 4.33. The third kappa shape index (κ3) is 3.67. The molecule has 7 nitrogen and oxygen atoms in total. The highest BCUT2D eigenvalue weighted by atomic mass is 16.6. The maximum atomic E-state index is 11.5. The molecule has 1 aromatic heterocycles. The smallest absolute Gasteiger partial charge is 0.270 e. The first kappa shape index (κ1) is 14.7. The molecule has 1 aromatic carbocycles. The largest absolute Gasteiger partial charge is 0.491 e. The molecule has 2 rings (SSSR count). The molecule has 7 heteroatoms. The summed E-state index contributed by atoms with van der Waals surface area (Å²) in [6, 6.07) is 9.18. The van der Waals surface area contributed by atoms with Crippen molar-refractivity contribution >= 4 is 5.69 Å². The van der Waals surface area contributed by atoms with Gasteiger partial charge >= 0.3 is 0 Å². The molecule has 0 saturated heterocycles. The minimum atomic E-state index is -0.480. The Hall–Kier alpha value is -2.67. The van der Waals surface area contributed by atoms with Gasteiger partial charge in [0.05, 0.1) is 11.5 Å². The van der Waals surface area contributed by atoms with Crippen molar-refractivity contribution in [1.29, 1.82) is 0 Å². The van der Waals surface area contributed by atoms with Gasteiger partial charge in [0.25, 0.3) is 11.2 Å². The maximum Gasteiger partial charge on any atom is 0.270 e. The Kier molecular flexibility index (Phi) is 4.68. The number of non-ortho nitro benzene ring substituents is 1. The van der Waals surface area contributed by atoms with Gasteiger partial charge in [0.15, 0.2) is 0 Å². The van der Waals surface area contributed by atoms with E-state index in [0.717, 1.165) is 0 Å². The number of aromatic nitrogens is 1. The molecule has 1 heterocycles. The standard InChI is InChI=1S/C14H15N3O4/c15-10-11-9-12(17(19)20)4-5-13(11)21-8-7-16-6-2-1-3-14(16)18/h1-6,9H,7-8,10,15H2. The molecular formula is C14H15N3O4. The van der Waals surface area contributed by atoms with E-state index in [0.29, 0.717) is 17.9 Å². The van der Waals surface area contributed by atoms with Crippen LogP contribution in [-0.2, 0) is 13.1 Å². The number of nitrogens with two attached hydrogens (primary N) is 1. The number of hydrogen-bond acceptors (Lipinski definition) is 5. The van der Waals surface area contributed by atoms with Crippen LogP contribution < -0.4 is 16.0 Å². The summed E-state index contributed by atoms with van der Waals surface area (Å²) in [7, 11) is 0. The number of benzene rings is 1. The lowest BCUT2D eigenvalue weighted by Crippen LogP contribution is -2.21. The molecule has 0 amide bonds. The average molecular weight is 289 g/mol. The number of ether oxygens (including phenoxy) is 1. The lowest BCUT2D eigenvalue weighted by Gasteiger charge is -2.11. The van der Waals surface area contributed by atoms with E-state index in [-0.39, 0.29) is 24.4 Å². The zero-order valence-corrected chi connectivity index (χ0v) is 11.3. The predicted octanol–water partition coefficient (Wildman–Crippen LogP) is 1.29. The van der Waals surface area contributed by atoms with Crippen LogP contribution in [0.2, 0.25) is 0 Å². The van der Waals surface area contributed by atoms with Gasteiger partial charge in [0, 0.05) is 36.5 Å². The van der Waals surface area contributed by atoms with Crippen molar-refractivity contribution < 1.29 is 9.66 Å². The zero-order chi connectivity index (χ0) is 15.2. The van der Waals surface area contributed by atoms with Crippen LogP contribution in [0.25, 0.3) is 0 Å². The van der Waals surface area contributed by atoms with Gasteiger partial charge in [-0.2, -0.15) is 0 Å². The van der Waals surface area contributed by atoms with Gasteiger partial charge in [-0.05, 0) is 12.1 Å². The number of nitro groups is 1. The van der Waals surface area contributed by atoms with Crippen molar-refractivity contribution in [3.8, 4) is 5.75 Å². The van der Waals surface area contributed by atoms with Crippen LogP contribution in [0.5, 0.6) is 5.75 Å². The summed E-state index contributed by atoms with van der Waals surface area (Å²) in [4.78, 5) is 21.7. The van der Waals surface area contributed by atoms with E-state index in [1.807, 2.05) is 0 Å². The van der Waals surface area contributed by atoms with Crippen LogP contribution in [-0.4, -0.2) is 16.1 Å². The van der Waals surface area contributed by atoms with Crippen LogP contribution in [0.3, 0.4) is 0 Å². The average Bonchev–Trinajstić information content (AvgIpc) is 2.49. The van der Waals surface area contributed by atoms with Gasteiger partial charge < -0.3 is 15.0 Å². The van der Waals surface area contributed by atoms with Gasteiger partial charge in [-0.25, -0.2) is 0 Å². The summed E-state index contributed by atoms with van der Waals surface area (Å²) in [5.74, 6) is 0.493. The number of rotatable bonds is 6. The van der Waals surface area contributed by atoms with E-state index in [2.05, 4.69) is 0 Å². The van der Waals surface area contributed by atoms with Crippen molar-refractivity contribution in [3.05, 3.63) is 68.6 Å². The zero-order valence-electron chi connectivity index (χ0n) is 11.3. The second kappa shape index (κ2) is 6.67. The SMILES string of the molecule is NCc1cc([N+](=O)[O-])ccc1OCCn1ccccc1=O. The number of nitro benzene ring substituents is 1. The molecule has 0 aliphatic carbocycles. The molecule has 0 spiro atoms. The minimum absolute atomic E-state index is 0.0259. The third-order valence-corrected chi connectivity index (χ3v) is 2.96. The Bertz CT molecular complexity index is 697. The van der Waals surface area contributed by atoms with Gasteiger partial charge in [-0.15, -0.1) is 0 Å². The fourth-order valence-corrected chi connectivity index (χ4v) is 1.88. The van der Waals surface area contributed by atoms with E-state index in [1.54, 1.807) is 18.3 Å². The molecule has 0 bridgehead atoms. The molecule has 0 unspecified atom stereocenters. The topological polar surface area (TPSA) is 100 Å². The molecule has 0 atom stereocenters. The van der Waals surface area contributed by atoms with Gasteiger partial charge in [-0.3, -0.25) is 14.9 Å². The minimum Gasteiger partial charge on any atom is -0.491 e. The first-order valence-electron chi connectivity index (χ1n) is 6.37.